The van der Waals surface area contributed by atoms with Crippen molar-refractivity contribution in [2.24, 2.45) is 0 Å². The van der Waals surface area contributed by atoms with E-state index in [4.69, 9.17) is 16.3 Å². The van der Waals surface area contributed by atoms with Crippen LogP contribution in [0.15, 0.2) is 23.4 Å². The quantitative estimate of drug-likeness (QED) is 0.660. The van der Waals surface area contributed by atoms with Crippen molar-refractivity contribution in [3.63, 3.8) is 0 Å². The van der Waals surface area contributed by atoms with E-state index in [1.165, 1.54) is 11.8 Å². The Morgan fingerprint density at radius 2 is 2.18 bits per heavy atom. The lowest BCUT2D eigenvalue weighted by Crippen LogP contribution is -3.14. The standard InChI is InChI=1S/C19H26ClN5O2S/c1-4-24-7-9-25(10-8-24)18(26)14(3)28-19-21-17(22-23-19)12-27-15-5-6-16(20)13(2)11-15/h5-6,11,14H,4,7-10,12H2,1-3H3,(H,21,22,23)/p+1/t14-/m0/s1. The Morgan fingerprint density at radius 3 is 2.86 bits per heavy atom. The Hall–Kier alpha value is -1.77. The number of nitrogens with zero attached hydrogens (tertiary/aromatic N) is 3. The Balaban J connectivity index is 1.49. The molecule has 0 aliphatic carbocycles. The van der Waals surface area contributed by atoms with E-state index in [9.17, 15) is 4.79 Å². The number of thioether (sulfide) groups is 1. The van der Waals surface area contributed by atoms with Crippen LogP contribution in [0.3, 0.4) is 0 Å². The molecule has 0 spiro atoms. The largest absolute Gasteiger partial charge is 0.486 e. The first-order valence-corrected chi connectivity index (χ1v) is 10.8. The third-order valence-electron chi connectivity index (χ3n) is 4.93. The highest BCUT2D eigenvalue weighted by Gasteiger charge is 2.27. The van der Waals surface area contributed by atoms with Crippen LogP contribution in [0.25, 0.3) is 0 Å². The van der Waals surface area contributed by atoms with E-state index in [-0.39, 0.29) is 17.8 Å². The number of benzene rings is 1. The molecule has 2 N–H and O–H groups in total. The van der Waals surface area contributed by atoms with Gasteiger partial charge in [0.2, 0.25) is 11.1 Å². The van der Waals surface area contributed by atoms with Gasteiger partial charge in [-0.2, -0.15) is 0 Å². The van der Waals surface area contributed by atoms with E-state index in [0.29, 0.717) is 16.0 Å². The lowest BCUT2D eigenvalue weighted by atomic mass is 10.2. The molecule has 3 rings (SSSR count). The number of amides is 1. The summed E-state index contributed by atoms with van der Waals surface area (Å²) in [5, 5.41) is 8.14. The highest BCUT2D eigenvalue weighted by Crippen LogP contribution is 2.23. The summed E-state index contributed by atoms with van der Waals surface area (Å²) in [4.78, 5) is 20.6. The molecule has 2 heterocycles. The van der Waals surface area contributed by atoms with Gasteiger partial charge in [-0.1, -0.05) is 23.4 Å². The molecule has 28 heavy (non-hydrogen) atoms. The van der Waals surface area contributed by atoms with E-state index in [1.807, 2.05) is 36.9 Å². The third-order valence-corrected chi connectivity index (χ3v) is 6.30. The van der Waals surface area contributed by atoms with Crippen molar-refractivity contribution in [3.8, 4) is 5.75 Å². The maximum absolute atomic E-state index is 12.7. The van der Waals surface area contributed by atoms with Crippen LogP contribution >= 0.6 is 23.4 Å². The van der Waals surface area contributed by atoms with Gasteiger partial charge in [-0.15, -0.1) is 5.10 Å². The highest BCUT2D eigenvalue weighted by atomic mass is 35.5. The SMILES string of the molecule is CC[NH+]1CCN(C(=O)[C@H](C)Sc2n[nH]c(COc3ccc(Cl)c(C)c3)n2)CC1. The summed E-state index contributed by atoms with van der Waals surface area (Å²) in [6, 6.07) is 5.51. The van der Waals surface area contributed by atoms with Crippen LogP contribution in [-0.2, 0) is 11.4 Å². The Morgan fingerprint density at radius 1 is 1.43 bits per heavy atom. The fourth-order valence-corrected chi connectivity index (χ4v) is 4.06. The first kappa shape index (κ1) is 21.0. The number of aromatic nitrogens is 3. The van der Waals surface area contributed by atoms with Gasteiger partial charge in [0, 0.05) is 5.02 Å². The van der Waals surface area contributed by atoms with E-state index in [0.717, 1.165) is 44.0 Å². The van der Waals surface area contributed by atoms with Gasteiger partial charge in [0.1, 0.15) is 12.4 Å². The first-order valence-electron chi connectivity index (χ1n) is 9.55. The second-order valence-corrected chi connectivity index (χ2v) is 8.67. The fraction of sp³-hybridized carbons (Fsp3) is 0.526. The first-order chi connectivity index (χ1) is 13.5. The number of hydrogen-bond acceptors (Lipinski definition) is 5. The smallest absolute Gasteiger partial charge is 0.236 e. The molecule has 0 unspecified atom stereocenters. The average Bonchev–Trinajstić information content (AvgIpc) is 3.15. The molecule has 1 atom stereocenters. The Labute approximate surface area is 174 Å². The van der Waals surface area contributed by atoms with Gasteiger partial charge in [-0.05, 0) is 44.5 Å². The van der Waals surface area contributed by atoms with Crippen molar-refractivity contribution in [2.45, 2.75) is 37.8 Å². The van der Waals surface area contributed by atoms with Crippen molar-refractivity contribution in [2.75, 3.05) is 32.7 Å². The molecule has 7 nitrogen and oxygen atoms in total. The van der Waals surface area contributed by atoms with E-state index in [1.54, 1.807) is 4.90 Å². The molecule has 1 aliphatic heterocycles. The molecule has 1 fully saturated rings. The van der Waals surface area contributed by atoms with Gasteiger partial charge in [0.15, 0.2) is 5.82 Å². The number of H-pyrrole nitrogens is 1. The second-order valence-electron chi connectivity index (χ2n) is 6.95. The number of likely N-dealkylation sites (N-methyl/N-ethyl adjacent to an activating group) is 1. The molecule has 1 amide bonds. The van der Waals surface area contributed by atoms with Gasteiger partial charge in [-0.25, -0.2) is 4.98 Å². The monoisotopic (exact) mass is 424 g/mol. The van der Waals surface area contributed by atoms with Gasteiger partial charge in [0.25, 0.3) is 0 Å². The number of aromatic amines is 1. The molecular formula is C19H27ClN5O2S+. The van der Waals surface area contributed by atoms with Gasteiger partial charge < -0.3 is 14.5 Å². The molecule has 9 heteroatoms. The topological polar surface area (TPSA) is 75.5 Å². The predicted octanol–water partition coefficient (Wildman–Crippen LogP) is 1.57. The van der Waals surface area contributed by atoms with Gasteiger partial charge in [0.05, 0.1) is 38.0 Å². The third kappa shape index (κ3) is 5.40. The van der Waals surface area contributed by atoms with E-state index >= 15 is 0 Å². The molecule has 1 aromatic carbocycles. The van der Waals surface area contributed by atoms with Crippen LogP contribution in [0.2, 0.25) is 5.02 Å². The van der Waals surface area contributed by atoms with Crippen molar-refractivity contribution in [1.82, 2.24) is 20.1 Å². The van der Waals surface area contributed by atoms with Crippen molar-refractivity contribution < 1.29 is 14.4 Å². The summed E-state index contributed by atoms with van der Waals surface area (Å²) in [7, 11) is 0. The minimum Gasteiger partial charge on any atom is -0.486 e. The summed E-state index contributed by atoms with van der Waals surface area (Å²) >= 11 is 7.40. The summed E-state index contributed by atoms with van der Waals surface area (Å²) in [6.45, 7) is 11.1. The number of carbonyl (C=O) groups is 1. The number of ether oxygens (including phenoxy) is 1. The van der Waals surface area contributed by atoms with Crippen LogP contribution < -0.4 is 9.64 Å². The van der Waals surface area contributed by atoms with Crippen LogP contribution in [0.4, 0.5) is 0 Å². The molecular weight excluding hydrogens is 398 g/mol. The van der Waals surface area contributed by atoms with Crippen molar-refractivity contribution in [1.29, 1.82) is 0 Å². The molecule has 2 aromatic rings. The Kier molecular flexibility index (Phi) is 7.20. The molecule has 1 aliphatic rings. The number of hydrogen-bond donors (Lipinski definition) is 2. The summed E-state index contributed by atoms with van der Waals surface area (Å²) in [5.74, 6) is 1.50. The number of rotatable bonds is 7. The zero-order chi connectivity index (χ0) is 20.1. The summed E-state index contributed by atoms with van der Waals surface area (Å²) in [6.07, 6.45) is 0. The zero-order valence-electron chi connectivity index (χ0n) is 16.5. The normalized spacial score (nSPS) is 16.2. The summed E-state index contributed by atoms with van der Waals surface area (Å²) < 4.78 is 5.73. The minimum atomic E-state index is -0.216. The number of carbonyl (C=O) groups excluding carboxylic acids is 1. The lowest BCUT2D eigenvalue weighted by Gasteiger charge is -2.32. The van der Waals surface area contributed by atoms with E-state index < -0.39 is 0 Å². The predicted molar refractivity (Wildman–Crippen MR) is 110 cm³/mol. The second kappa shape index (κ2) is 9.62. The Bertz CT molecular complexity index is 807. The van der Waals surface area contributed by atoms with Crippen LogP contribution in [-0.4, -0.2) is 64.0 Å². The van der Waals surface area contributed by atoms with Crippen LogP contribution in [0.1, 0.15) is 25.2 Å². The maximum atomic E-state index is 12.7. The molecule has 0 saturated carbocycles. The number of aryl methyl sites for hydroxylation is 1. The highest BCUT2D eigenvalue weighted by molar-refractivity contribution is 8.00. The zero-order valence-corrected chi connectivity index (χ0v) is 18.1. The van der Waals surface area contributed by atoms with Crippen LogP contribution in [0, 0.1) is 6.92 Å². The van der Waals surface area contributed by atoms with Crippen molar-refractivity contribution in [3.05, 3.63) is 34.6 Å². The number of nitrogens with one attached hydrogen (secondary N) is 2. The number of quaternary nitrogens is 1. The van der Waals surface area contributed by atoms with Crippen molar-refractivity contribution >= 4 is 29.3 Å². The van der Waals surface area contributed by atoms with Gasteiger partial charge in [-0.3, -0.25) is 9.89 Å². The van der Waals surface area contributed by atoms with Crippen LogP contribution in [0.5, 0.6) is 5.75 Å². The lowest BCUT2D eigenvalue weighted by molar-refractivity contribution is -0.902. The fourth-order valence-electron chi connectivity index (χ4n) is 3.12. The molecule has 152 valence electrons. The van der Waals surface area contributed by atoms with E-state index in [2.05, 4.69) is 22.1 Å². The average molecular weight is 425 g/mol. The van der Waals surface area contributed by atoms with Gasteiger partial charge >= 0.3 is 0 Å². The molecule has 0 bridgehead atoms. The maximum Gasteiger partial charge on any atom is 0.236 e. The minimum absolute atomic E-state index is 0.152. The molecule has 1 aromatic heterocycles. The summed E-state index contributed by atoms with van der Waals surface area (Å²) in [5.41, 5.74) is 0.960. The number of halogens is 1. The molecule has 1 saturated heterocycles. The number of piperazine rings is 1. The molecule has 0 radical (unpaired) electrons.